The van der Waals surface area contributed by atoms with Crippen molar-refractivity contribution in [3.05, 3.63) is 88.6 Å². The molecule has 0 fully saturated rings. The molecular weight excluding hydrogens is 310 g/mol. The van der Waals surface area contributed by atoms with Gasteiger partial charge in [-0.1, -0.05) is 48.5 Å². The summed E-state index contributed by atoms with van der Waals surface area (Å²) in [6, 6.07) is 20.0. The zero-order valence-electron chi connectivity index (χ0n) is 14.1. The first-order valence-electron chi connectivity index (χ1n) is 8.20. The Morgan fingerprint density at radius 2 is 1.72 bits per heavy atom. The number of carbonyl (C=O) groups excluding carboxylic acids is 1. The molecule has 3 aromatic rings. The highest BCUT2D eigenvalue weighted by Gasteiger charge is 2.24. The van der Waals surface area contributed by atoms with Gasteiger partial charge >= 0.3 is 5.97 Å². The Morgan fingerprint density at radius 1 is 0.920 bits per heavy atom. The Morgan fingerprint density at radius 3 is 2.56 bits per heavy atom. The summed E-state index contributed by atoms with van der Waals surface area (Å²) < 4.78 is 5.38. The van der Waals surface area contributed by atoms with E-state index in [0.717, 1.165) is 27.5 Å². The number of cyclic esters (lactones) is 1. The average Bonchev–Trinajstić information content (AvgIpc) is 2.98. The van der Waals surface area contributed by atoms with Crippen molar-refractivity contribution in [3.63, 3.8) is 0 Å². The third-order valence-corrected chi connectivity index (χ3v) is 4.49. The van der Waals surface area contributed by atoms with Gasteiger partial charge in [0.2, 0.25) is 5.90 Å². The van der Waals surface area contributed by atoms with Crippen molar-refractivity contribution in [2.45, 2.75) is 13.8 Å². The molecule has 0 saturated heterocycles. The zero-order valence-corrected chi connectivity index (χ0v) is 14.1. The SMILES string of the molecule is Cc1ccc(C2=NC(=Cc3cccc4ccccc34)C(=O)O2)cc1C. The van der Waals surface area contributed by atoms with Gasteiger partial charge in [0.15, 0.2) is 5.70 Å². The number of benzene rings is 3. The van der Waals surface area contributed by atoms with E-state index in [4.69, 9.17) is 4.74 Å². The lowest BCUT2D eigenvalue weighted by atomic mass is 10.0. The molecule has 3 aromatic carbocycles. The summed E-state index contributed by atoms with van der Waals surface area (Å²) in [6.07, 6.45) is 1.79. The molecule has 0 spiro atoms. The second-order valence-corrected chi connectivity index (χ2v) is 6.20. The Balaban J connectivity index is 1.77. The lowest BCUT2D eigenvalue weighted by molar-refractivity contribution is -0.129. The van der Waals surface area contributed by atoms with Gasteiger partial charge in [0, 0.05) is 5.56 Å². The molecule has 0 aromatic heterocycles. The number of esters is 1. The van der Waals surface area contributed by atoms with Crippen molar-refractivity contribution < 1.29 is 9.53 Å². The van der Waals surface area contributed by atoms with Crippen molar-refractivity contribution in [3.8, 4) is 0 Å². The van der Waals surface area contributed by atoms with Crippen molar-refractivity contribution in [1.82, 2.24) is 0 Å². The molecule has 1 heterocycles. The zero-order chi connectivity index (χ0) is 17.4. The van der Waals surface area contributed by atoms with Crippen LogP contribution in [0.5, 0.6) is 0 Å². The maximum absolute atomic E-state index is 12.2. The molecule has 122 valence electrons. The Labute approximate surface area is 146 Å². The molecule has 1 aliphatic rings. The van der Waals surface area contributed by atoms with Crippen LogP contribution in [-0.2, 0) is 9.53 Å². The Bertz CT molecular complexity index is 1060. The summed E-state index contributed by atoms with van der Waals surface area (Å²) in [6.45, 7) is 4.08. The molecule has 3 heteroatoms. The van der Waals surface area contributed by atoms with Crippen LogP contribution in [0.3, 0.4) is 0 Å². The van der Waals surface area contributed by atoms with E-state index in [9.17, 15) is 4.79 Å². The van der Waals surface area contributed by atoms with Gasteiger partial charge in [-0.2, -0.15) is 0 Å². The highest BCUT2D eigenvalue weighted by molar-refractivity contribution is 6.13. The van der Waals surface area contributed by atoms with Crippen LogP contribution in [0.25, 0.3) is 16.8 Å². The minimum atomic E-state index is -0.416. The van der Waals surface area contributed by atoms with Crippen LogP contribution in [0.2, 0.25) is 0 Å². The number of rotatable bonds is 2. The molecule has 0 unspecified atom stereocenters. The van der Waals surface area contributed by atoms with E-state index in [1.165, 1.54) is 5.56 Å². The first-order chi connectivity index (χ1) is 12.1. The summed E-state index contributed by atoms with van der Waals surface area (Å²) >= 11 is 0. The highest BCUT2D eigenvalue weighted by atomic mass is 16.6. The normalized spacial score (nSPS) is 15.5. The van der Waals surface area contributed by atoms with Gasteiger partial charge in [-0.3, -0.25) is 0 Å². The van der Waals surface area contributed by atoms with Crippen LogP contribution >= 0.6 is 0 Å². The third kappa shape index (κ3) is 2.85. The van der Waals surface area contributed by atoms with Crippen LogP contribution < -0.4 is 0 Å². The summed E-state index contributed by atoms with van der Waals surface area (Å²) in [5.74, 6) is -0.0549. The quantitative estimate of drug-likeness (QED) is 0.501. The second kappa shape index (κ2) is 6.02. The average molecular weight is 327 g/mol. The fourth-order valence-corrected chi connectivity index (χ4v) is 2.93. The maximum atomic E-state index is 12.2. The molecule has 0 atom stereocenters. The van der Waals surface area contributed by atoms with E-state index < -0.39 is 5.97 Å². The lowest BCUT2D eigenvalue weighted by Gasteiger charge is -2.03. The lowest BCUT2D eigenvalue weighted by Crippen LogP contribution is -2.05. The number of nitrogens with zero attached hydrogens (tertiary/aromatic N) is 1. The molecule has 3 nitrogen and oxygen atoms in total. The van der Waals surface area contributed by atoms with Gasteiger partial charge in [0.05, 0.1) is 0 Å². The van der Waals surface area contributed by atoms with E-state index in [2.05, 4.69) is 4.99 Å². The molecule has 1 aliphatic heterocycles. The van der Waals surface area contributed by atoms with Crippen molar-refractivity contribution in [1.29, 1.82) is 0 Å². The fraction of sp³-hybridized carbons (Fsp3) is 0.0909. The summed E-state index contributed by atoms with van der Waals surface area (Å²) in [5, 5.41) is 2.21. The maximum Gasteiger partial charge on any atom is 0.363 e. The van der Waals surface area contributed by atoms with Gasteiger partial charge in [0.1, 0.15) is 0 Å². The smallest absolute Gasteiger partial charge is 0.363 e. The number of carbonyl (C=O) groups is 1. The Kier molecular flexibility index (Phi) is 3.69. The standard InChI is InChI=1S/C22H17NO2/c1-14-10-11-18(12-15(14)2)21-23-20(22(24)25-21)13-17-8-5-7-16-6-3-4-9-19(16)17/h3-13H,1-2H3. The number of aliphatic imine (C=N–C) groups is 1. The Hall–Kier alpha value is -3.20. The van der Waals surface area contributed by atoms with Crippen molar-refractivity contribution in [2.24, 2.45) is 4.99 Å². The fourth-order valence-electron chi connectivity index (χ4n) is 2.93. The monoisotopic (exact) mass is 327 g/mol. The number of hydrogen-bond donors (Lipinski definition) is 0. The van der Waals surface area contributed by atoms with E-state index in [-0.39, 0.29) is 0 Å². The van der Waals surface area contributed by atoms with E-state index in [1.807, 2.05) is 74.5 Å². The topological polar surface area (TPSA) is 38.7 Å². The predicted molar refractivity (Wildman–Crippen MR) is 100 cm³/mol. The van der Waals surface area contributed by atoms with E-state index in [1.54, 1.807) is 6.08 Å². The van der Waals surface area contributed by atoms with Gasteiger partial charge in [0.25, 0.3) is 0 Å². The number of ether oxygens (including phenoxy) is 1. The van der Waals surface area contributed by atoms with Crippen LogP contribution in [0.15, 0.2) is 71.4 Å². The van der Waals surface area contributed by atoms with Crippen LogP contribution in [-0.4, -0.2) is 11.9 Å². The summed E-state index contributed by atoms with van der Waals surface area (Å²) in [5.41, 5.74) is 4.43. The molecule has 25 heavy (non-hydrogen) atoms. The molecule has 0 bridgehead atoms. The molecule has 0 radical (unpaired) electrons. The number of hydrogen-bond acceptors (Lipinski definition) is 3. The third-order valence-electron chi connectivity index (χ3n) is 4.49. The molecule has 0 amide bonds. The predicted octanol–water partition coefficient (Wildman–Crippen LogP) is 4.80. The first kappa shape index (κ1) is 15.3. The van der Waals surface area contributed by atoms with Crippen LogP contribution in [0, 0.1) is 13.8 Å². The largest absolute Gasteiger partial charge is 0.402 e. The highest BCUT2D eigenvalue weighted by Crippen LogP contribution is 2.24. The van der Waals surface area contributed by atoms with E-state index in [0.29, 0.717) is 11.6 Å². The molecular formula is C22H17NO2. The van der Waals surface area contributed by atoms with Crippen molar-refractivity contribution >= 4 is 28.7 Å². The molecule has 0 N–H and O–H groups in total. The second-order valence-electron chi connectivity index (χ2n) is 6.20. The summed E-state index contributed by atoms with van der Waals surface area (Å²) in [7, 11) is 0. The van der Waals surface area contributed by atoms with Gasteiger partial charge < -0.3 is 4.74 Å². The van der Waals surface area contributed by atoms with Gasteiger partial charge in [-0.15, -0.1) is 0 Å². The number of aryl methyl sites for hydroxylation is 2. The molecule has 0 aliphatic carbocycles. The van der Waals surface area contributed by atoms with Crippen LogP contribution in [0.4, 0.5) is 0 Å². The minimum Gasteiger partial charge on any atom is -0.402 e. The summed E-state index contributed by atoms with van der Waals surface area (Å²) in [4.78, 5) is 16.7. The number of fused-ring (bicyclic) bond motifs is 1. The first-order valence-corrected chi connectivity index (χ1v) is 8.20. The van der Waals surface area contributed by atoms with Gasteiger partial charge in [-0.05, 0) is 59.5 Å². The van der Waals surface area contributed by atoms with Crippen molar-refractivity contribution in [2.75, 3.05) is 0 Å². The van der Waals surface area contributed by atoms with E-state index >= 15 is 0 Å². The van der Waals surface area contributed by atoms with Crippen LogP contribution in [0.1, 0.15) is 22.3 Å². The minimum absolute atomic E-state index is 0.324. The molecule has 0 saturated carbocycles. The van der Waals surface area contributed by atoms with Gasteiger partial charge in [-0.25, -0.2) is 9.79 Å². The molecule has 4 rings (SSSR count).